The Morgan fingerprint density at radius 1 is 0.266 bits per heavy atom. The molecule has 1 aromatic heterocycles. The Hall–Kier alpha value is -8.04. The molecule has 0 saturated carbocycles. The highest BCUT2D eigenvalue weighted by Gasteiger charge is 2.21. The molecule has 0 aliphatic rings. The van der Waals surface area contributed by atoms with Gasteiger partial charge in [-0.2, -0.15) is 0 Å². The number of rotatable bonds is 8. The topological polar surface area (TPSA) is 3.24 Å². The van der Waals surface area contributed by atoms with Crippen molar-refractivity contribution in [1.29, 1.82) is 0 Å². The van der Waals surface area contributed by atoms with E-state index >= 15 is 0 Å². The molecule has 0 fully saturated rings. The first-order valence-corrected chi connectivity index (χ1v) is 22.7. The average Bonchev–Trinajstić information content (AvgIpc) is 3.76. The summed E-state index contributed by atoms with van der Waals surface area (Å²) in [5.74, 6) is 0. The van der Waals surface area contributed by atoms with Crippen molar-refractivity contribution in [1.82, 2.24) is 0 Å². The van der Waals surface area contributed by atoms with Crippen LogP contribution in [0, 0.1) is 0 Å². The van der Waals surface area contributed by atoms with Crippen LogP contribution < -0.4 is 4.90 Å². The first kappa shape index (κ1) is 37.7. The summed E-state index contributed by atoms with van der Waals surface area (Å²) in [5, 5.41) is 7.68. The number of anilines is 3. The van der Waals surface area contributed by atoms with Gasteiger partial charge in [0.1, 0.15) is 0 Å². The van der Waals surface area contributed by atoms with Gasteiger partial charge in [0, 0.05) is 37.1 Å². The molecule has 0 radical (unpaired) electrons. The first-order chi connectivity index (χ1) is 31.8. The third-order valence-electron chi connectivity index (χ3n) is 12.7. The van der Waals surface area contributed by atoms with Crippen LogP contribution >= 0.6 is 11.3 Å². The fourth-order valence-electron chi connectivity index (χ4n) is 9.71. The van der Waals surface area contributed by atoms with Gasteiger partial charge in [0.2, 0.25) is 0 Å². The monoisotopic (exact) mass is 831 g/mol. The van der Waals surface area contributed by atoms with Gasteiger partial charge >= 0.3 is 0 Å². The van der Waals surface area contributed by atoms with Crippen LogP contribution in [-0.2, 0) is 0 Å². The van der Waals surface area contributed by atoms with E-state index in [0.29, 0.717) is 0 Å². The van der Waals surface area contributed by atoms with Gasteiger partial charge in [-0.05, 0) is 114 Å². The highest BCUT2D eigenvalue weighted by molar-refractivity contribution is 7.26. The van der Waals surface area contributed by atoms with Gasteiger partial charge < -0.3 is 4.90 Å². The Balaban J connectivity index is 1.02. The summed E-state index contributed by atoms with van der Waals surface area (Å²) in [6.45, 7) is 0. The summed E-state index contributed by atoms with van der Waals surface area (Å²) in [6.07, 6.45) is 0. The van der Waals surface area contributed by atoms with E-state index in [1.807, 2.05) is 11.3 Å². The van der Waals surface area contributed by atoms with Crippen LogP contribution in [0.5, 0.6) is 0 Å². The molecule has 1 heterocycles. The summed E-state index contributed by atoms with van der Waals surface area (Å²) in [7, 11) is 0. The van der Waals surface area contributed by atoms with E-state index in [-0.39, 0.29) is 0 Å². The van der Waals surface area contributed by atoms with Crippen molar-refractivity contribution in [3.8, 4) is 55.6 Å². The second-order valence-corrected chi connectivity index (χ2v) is 17.4. The van der Waals surface area contributed by atoms with Crippen molar-refractivity contribution < 1.29 is 0 Å². The van der Waals surface area contributed by atoms with Crippen LogP contribution in [0.15, 0.2) is 249 Å². The van der Waals surface area contributed by atoms with E-state index in [4.69, 9.17) is 0 Å². The summed E-state index contributed by atoms with van der Waals surface area (Å²) >= 11 is 1.88. The number of hydrogen-bond donors (Lipinski definition) is 0. The highest BCUT2D eigenvalue weighted by Crippen LogP contribution is 2.47. The predicted molar refractivity (Wildman–Crippen MR) is 276 cm³/mol. The van der Waals surface area contributed by atoms with Gasteiger partial charge in [0.25, 0.3) is 0 Å². The van der Waals surface area contributed by atoms with Gasteiger partial charge in [0.15, 0.2) is 0 Å². The van der Waals surface area contributed by atoms with Crippen molar-refractivity contribution in [2.45, 2.75) is 0 Å². The third kappa shape index (κ3) is 6.55. The summed E-state index contributed by atoms with van der Waals surface area (Å²) in [4.78, 5) is 2.43. The molecule has 0 atom stereocenters. The Morgan fingerprint density at radius 2 is 0.734 bits per heavy atom. The highest BCUT2D eigenvalue weighted by atomic mass is 32.1. The minimum atomic E-state index is 1.09. The summed E-state index contributed by atoms with van der Waals surface area (Å²) in [5.41, 5.74) is 15.3. The molecule has 0 unspecified atom stereocenters. The zero-order valence-corrected chi connectivity index (χ0v) is 35.8. The first-order valence-electron chi connectivity index (χ1n) is 21.9. The molecular formula is C62H41NS. The molecule has 64 heavy (non-hydrogen) atoms. The van der Waals surface area contributed by atoms with Crippen LogP contribution in [0.2, 0.25) is 0 Å². The lowest BCUT2D eigenvalue weighted by Gasteiger charge is -2.29. The minimum Gasteiger partial charge on any atom is -0.310 e. The third-order valence-corrected chi connectivity index (χ3v) is 13.9. The standard InChI is InChI=1S/C62H41NS/c1-2-17-42(18-3-1)48-20-6-7-22-51(48)53-24-9-10-25-54(53)56-27-12-14-31-60(56)63(46-37-33-43(34-38-46)50-29-16-30-58-57-28-13-15-32-61(57)64-62(50)58)47-39-35-44(36-40-47)59-41-45-19-4-5-21-49(45)52-23-8-11-26-55(52)59/h1-41H. The van der Waals surface area contributed by atoms with Crippen LogP contribution in [0.4, 0.5) is 17.1 Å². The number of hydrogen-bond acceptors (Lipinski definition) is 2. The van der Waals surface area contributed by atoms with Crippen molar-refractivity contribution in [3.05, 3.63) is 249 Å². The molecule has 300 valence electrons. The van der Waals surface area contributed by atoms with Crippen molar-refractivity contribution in [3.63, 3.8) is 0 Å². The second-order valence-electron chi connectivity index (χ2n) is 16.4. The van der Waals surface area contributed by atoms with E-state index in [9.17, 15) is 0 Å². The number of thiophene rings is 1. The normalized spacial score (nSPS) is 11.4. The van der Waals surface area contributed by atoms with Crippen LogP contribution in [-0.4, -0.2) is 0 Å². The minimum absolute atomic E-state index is 1.09. The van der Waals surface area contributed by atoms with Crippen molar-refractivity contribution >= 4 is 70.1 Å². The maximum Gasteiger partial charge on any atom is 0.0540 e. The molecular weight excluding hydrogens is 791 g/mol. The van der Waals surface area contributed by atoms with Crippen molar-refractivity contribution in [2.75, 3.05) is 4.90 Å². The van der Waals surface area contributed by atoms with E-state index in [1.165, 1.54) is 91.8 Å². The summed E-state index contributed by atoms with van der Waals surface area (Å²) in [6, 6.07) is 90.9. The fraction of sp³-hybridized carbons (Fsp3) is 0. The number of fused-ring (bicyclic) bond motifs is 6. The van der Waals surface area contributed by atoms with Crippen LogP contribution in [0.3, 0.4) is 0 Å². The Morgan fingerprint density at radius 3 is 1.45 bits per heavy atom. The molecule has 0 bridgehead atoms. The molecule has 0 saturated heterocycles. The van der Waals surface area contributed by atoms with Gasteiger partial charge in [-0.1, -0.05) is 206 Å². The lowest BCUT2D eigenvalue weighted by molar-refractivity contribution is 1.28. The van der Waals surface area contributed by atoms with Gasteiger partial charge in [-0.25, -0.2) is 0 Å². The van der Waals surface area contributed by atoms with E-state index < -0.39 is 0 Å². The predicted octanol–water partition coefficient (Wildman–Crippen LogP) is 18.2. The fourth-order valence-corrected chi connectivity index (χ4v) is 10.9. The smallest absolute Gasteiger partial charge is 0.0540 e. The van der Waals surface area contributed by atoms with Gasteiger partial charge in [-0.15, -0.1) is 11.3 Å². The Kier molecular flexibility index (Phi) is 9.43. The van der Waals surface area contributed by atoms with Gasteiger partial charge in [0.05, 0.1) is 5.69 Å². The van der Waals surface area contributed by atoms with E-state index in [2.05, 4.69) is 254 Å². The lowest BCUT2D eigenvalue weighted by atomic mass is 9.88. The number of benzene rings is 11. The summed E-state index contributed by atoms with van der Waals surface area (Å²) < 4.78 is 2.64. The zero-order chi connectivity index (χ0) is 42.4. The zero-order valence-electron chi connectivity index (χ0n) is 35.0. The van der Waals surface area contributed by atoms with Crippen LogP contribution in [0.1, 0.15) is 0 Å². The maximum absolute atomic E-state index is 2.43. The number of nitrogens with zero attached hydrogens (tertiary/aromatic N) is 1. The Labute approximate surface area is 377 Å². The molecule has 2 heteroatoms. The Bertz CT molecular complexity index is 3660. The quantitative estimate of drug-likeness (QED) is 0.138. The molecule has 0 amide bonds. The molecule has 0 aliphatic heterocycles. The molecule has 0 spiro atoms. The maximum atomic E-state index is 2.43. The van der Waals surface area contributed by atoms with Crippen molar-refractivity contribution in [2.24, 2.45) is 0 Å². The number of para-hydroxylation sites is 1. The molecule has 0 aliphatic carbocycles. The largest absolute Gasteiger partial charge is 0.310 e. The molecule has 0 N–H and O–H groups in total. The average molecular weight is 832 g/mol. The lowest BCUT2D eigenvalue weighted by Crippen LogP contribution is -2.11. The molecule has 12 rings (SSSR count). The molecule has 12 aromatic rings. The molecule has 1 nitrogen and oxygen atoms in total. The second kappa shape index (κ2) is 16.0. The van der Waals surface area contributed by atoms with Gasteiger partial charge in [-0.3, -0.25) is 0 Å². The van der Waals surface area contributed by atoms with E-state index in [1.54, 1.807) is 0 Å². The SMILES string of the molecule is c1ccc(-c2ccccc2-c2ccccc2-c2ccccc2N(c2ccc(-c3cc4ccccc4c4ccccc34)cc2)c2ccc(-c3cccc4c3sc3ccccc34)cc2)cc1. The molecule has 11 aromatic carbocycles. The van der Waals surface area contributed by atoms with E-state index in [0.717, 1.165) is 22.6 Å². The van der Waals surface area contributed by atoms with Crippen LogP contribution in [0.25, 0.3) is 97.4 Å².